The molecule has 4 nitrogen and oxygen atoms in total. The van der Waals surface area contributed by atoms with E-state index < -0.39 is 12.0 Å². The van der Waals surface area contributed by atoms with Gasteiger partial charge in [-0.1, -0.05) is 12.1 Å². The SMILES string of the molecule is N#Cc1ccc([C@@H](N)C(=O)O)cc1. The van der Waals surface area contributed by atoms with Gasteiger partial charge in [0.1, 0.15) is 6.04 Å². The Hall–Kier alpha value is -1.86. The van der Waals surface area contributed by atoms with E-state index in [-0.39, 0.29) is 0 Å². The van der Waals surface area contributed by atoms with Crippen LogP contribution in [0.3, 0.4) is 0 Å². The van der Waals surface area contributed by atoms with Crippen LogP contribution in [-0.2, 0) is 4.79 Å². The zero-order valence-corrected chi connectivity index (χ0v) is 6.77. The van der Waals surface area contributed by atoms with Gasteiger partial charge in [0, 0.05) is 0 Å². The topological polar surface area (TPSA) is 87.1 Å². The zero-order chi connectivity index (χ0) is 9.84. The Balaban J connectivity index is 2.93. The summed E-state index contributed by atoms with van der Waals surface area (Å²) in [6.45, 7) is 0. The minimum atomic E-state index is -1.08. The van der Waals surface area contributed by atoms with Crippen LogP contribution in [0.2, 0.25) is 0 Å². The van der Waals surface area contributed by atoms with E-state index in [4.69, 9.17) is 16.1 Å². The second-order valence-electron chi connectivity index (χ2n) is 2.55. The fourth-order valence-corrected chi connectivity index (χ4v) is 0.908. The first-order valence-corrected chi connectivity index (χ1v) is 3.63. The van der Waals surface area contributed by atoms with Crippen molar-refractivity contribution in [2.24, 2.45) is 5.73 Å². The fraction of sp³-hybridized carbons (Fsp3) is 0.111. The van der Waals surface area contributed by atoms with Gasteiger partial charge in [-0.15, -0.1) is 0 Å². The molecule has 0 spiro atoms. The molecule has 1 aromatic carbocycles. The standard InChI is InChI=1S/C9H8N2O2/c10-5-6-1-3-7(4-2-6)8(11)9(12)13/h1-4,8H,11H2,(H,12,13)/t8-/m1/s1. The highest BCUT2D eigenvalue weighted by molar-refractivity contribution is 5.75. The summed E-state index contributed by atoms with van der Waals surface area (Å²) in [4.78, 5) is 10.5. The minimum absolute atomic E-state index is 0.487. The van der Waals surface area contributed by atoms with Crippen LogP contribution in [0, 0.1) is 11.3 Å². The summed E-state index contributed by atoms with van der Waals surface area (Å²) in [7, 11) is 0. The van der Waals surface area contributed by atoms with Crippen molar-refractivity contribution in [1.29, 1.82) is 5.26 Å². The number of hydrogen-bond acceptors (Lipinski definition) is 3. The van der Waals surface area contributed by atoms with Crippen LogP contribution in [0.25, 0.3) is 0 Å². The van der Waals surface area contributed by atoms with Crippen molar-refractivity contribution in [2.45, 2.75) is 6.04 Å². The summed E-state index contributed by atoms with van der Waals surface area (Å²) in [6.07, 6.45) is 0. The van der Waals surface area contributed by atoms with Crippen LogP contribution in [0.15, 0.2) is 24.3 Å². The first kappa shape index (κ1) is 9.23. The fourth-order valence-electron chi connectivity index (χ4n) is 0.908. The molecule has 0 aliphatic carbocycles. The summed E-state index contributed by atoms with van der Waals surface area (Å²) in [6, 6.07) is 7.07. The average molecular weight is 176 g/mol. The molecule has 0 heterocycles. The molecule has 0 radical (unpaired) electrons. The highest BCUT2D eigenvalue weighted by atomic mass is 16.4. The lowest BCUT2D eigenvalue weighted by Crippen LogP contribution is -2.20. The van der Waals surface area contributed by atoms with Crippen molar-refractivity contribution < 1.29 is 9.90 Å². The Kier molecular flexibility index (Phi) is 2.62. The van der Waals surface area contributed by atoms with Gasteiger partial charge in [-0.2, -0.15) is 5.26 Å². The second-order valence-corrected chi connectivity index (χ2v) is 2.55. The van der Waals surface area contributed by atoms with Crippen molar-refractivity contribution in [3.05, 3.63) is 35.4 Å². The van der Waals surface area contributed by atoms with Crippen LogP contribution in [0.5, 0.6) is 0 Å². The van der Waals surface area contributed by atoms with E-state index in [1.54, 1.807) is 0 Å². The van der Waals surface area contributed by atoms with Gasteiger partial charge < -0.3 is 10.8 Å². The zero-order valence-electron chi connectivity index (χ0n) is 6.77. The summed E-state index contributed by atoms with van der Waals surface area (Å²) in [5.74, 6) is -1.08. The predicted molar refractivity (Wildman–Crippen MR) is 45.7 cm³/mol. The molecule has 66 valence electrons. The molecule has 13 heavy (non-hydrogen) atoms. The average Bonchev–Trinajstić information content (AvgIpc) is 2.17. The van der Waals surface area contributed by atoms with Gasteiger partial charge >= 0.3 is 5.97 Å². The number of aliphatic carboxylic acids is 1. The molecule has 0 aromatic heterocycles. The number of hydrogen-bond donors (Lipinski definition) is 2. The summed E-state index contributed by atoms with van der Waals surface area (Å²) >= 11 is 0. The molecule has 0 amide bonds. The van der Waals surface area contributed by atoms with Crippen LogP contribution >= 0.6 is 0 Å². The predicted octanol–water partition coefficient (Wildman–Crippen LogP) is 0.643. The Morgan fingerprint density at radius 1 is 1.46 bits per heavy atom. The molecule has 3 N–H and O–H groups in total. The van der Waals surface area contributed by atoms with Crippen molar-refractivity contribution >= 4 is 5.97 Å². The first-order valence-electron chi connectivity index (χ1n) is 3.63. The second kappa shape index (κ2) is 3.70. The lowest BCUT2D eigenvalue weighted by Gasteiger charge is -2.05. The Morgan fingerprint density at radius 3 is 2.38 bits per heavy atom. The normalized spacial score (nSPS) is 11.7. The number of carboxylic acid groups (broad SMARTS) is 1. The third-order valence-corrected chi connectivity index (χ3v) is 1.66. The molecule has 1 atom stereocenters. The maximum Gasteiger partial charge on any atom is 0.325 e. The molecular formula is C9H8N2O2. The molecule has 1 aromatic rings. The van der Waals surface area contributed by atoms with Gasteiger partial charge in [-0.25, -0.2) is 0 Å². The van der Waals surface area contributed by atoms with Gasteiger partial charge in [-0.3, -0.25) is 4.79 Å². The highest BCUT2D eigenvalue weighted by Crippen LogP contribution is 2.10. The molecule has 0 aliphatic rings. The van der Waals surface area contributed by atoms with Crippen molar-refractivity contribution in [3.8, 4) is 6.07 Å². The molecule has 0 saturated heterocycles. The molecular weight excluding hydrogens is 168 g/mol. The number of carboxylic acids is 1. The Labute approximate surface area is 75.2 Å². The number of nitrogens with zero attached hydrogens (tertiary/aromatic N) is 1. The lowest BCUT2D eigenvalue weighted by molar-refractivity contribution is -0.138. The highest BCUT2D eigenvalue weighted by Gasteiger charge is 2.13. The number of benzene rings is 1. The minimum Gasteiger partial charge on any atom is -0.480 e. The Morgan fingerprint density at radius 2 is 2.00 bits per heavy atom. The molecule has 0 fully saturated rings. The van der Waals surface area contributed by atoms with E-state index in [9.17, 15) is 4.79 Å². The summed E-state index contributed by atoms with van der Waals surface area (Å²) in [5, 5.41) is 17.1. The molecule has 4 heteroatoms. The van der Waals surface area contributed by atoms with Gasteiger partial charge in [0.25, 0.3) is 0 Å². The van der Waals surface area contributed by atoms with E-state index in [0.717, 1.165) is 0 Å². The van der Waals surface area contributed by atoms with Crippen LogP contribution in [0.4, 0.5) is 0 Å². The van der Waals surface area contributed by atoms with Crippen LogP contribution < -0.4 is 5.73 Å². The van der Waals surface area contributed by atoms with Gasteiger partial charge in [0.2, 0.25) is 0 Å². The molecule has 0 aliphatic heterocycles. The lowest BCUT2D eigenvalue weighted by atomic mass is 10.1. The number of carbonyl (C=O) groups is 1. The van der Waals surface area contributed by atoms with Gasteiger partial charge in [-0.05, 0) is 17.7 Å². The van der Waals surface area contributed by atoms with Gasteiger partial charge in [0.05, 0.1) is 11.6 Å². The smallest absolute Gasteiger partial charge is 0.325 e. The van der Waals surface area contributed by atoms with E-state index >= 15 is 0 Å². The maximum atomic E-state index is 10.5. The monoisotopic (exact) mass is 176 g/mol. The van der Waals surface area contributed by atoms with E-state index in [2.05, 4.69) is 0 Å². The van der Waals surface area contributed by atoms with Crippen molar-refractivity contribution in [1.82, 2.24) is 0 Å². The number of nitrogens with two attached hydrogens (primary N) is 1. The molecule has 0 unspecified atom stereocenters. The van der Waals surface area contributed by atoms with Crippen LogP contribution in [0.1, 0.15) is 17.2 Å². The summed E-state index contributed by atoms with van der Waals surface area (Å²) in [5.41, 5.74) is 6.33. The molecule has 1 rings (SSSR count). The number of rotatable bonds is 2. The van der Waals surface area contributed by atoms with Crippen LogP contribution in [-0.4, -0.2) is 11.1 Å². The van der Waals surface area contributed by atoms with Gasteiger partial charge in [0.15, 0.2) is 0 Å². The van der Waals surface area contributed by atoms with E-state index in [1.807, 2.05) is 6.07 Å². The van der Waals surface area contributed by atoms with Crippen molar-refractivity contribution in [2.75, 3.05) is 0 Å². The third kappa shape index (κ3) is 2.04. The number of nitriles is 1. The molecule has 0 bridgehead atoms. The quantitative estimate of drug-likeness (QED) is 0.692. The maximum absolute atomic E-state index is 10.5. The Bertz CT molecular complexity index is 351. The first-order chi connectivity index (χ1) is 6.15. The van der Waals surface area contributed by atoms with E-state index in [0.29, 0.717) is 11.1 Å². The summed E-state index contributed by atoms with van der Waals surface area (Å²) < 4.78 is 0. The largest absolute Gasteiger partial charge is 0.480 e. The third-order valence-electron chi connectivity index (χ3n) is 1.66. The van der Waals surface area contributed by atoms with Crippen molar-refractivity contribution in [3.63, 3.8) is 0 Å². The molecule has 0 saturated carbocycles. The van der Waals surface area contributed by atoms with E-state index in [1.165, 1.54) is 24.3 Å².